The molecular weight excluding hydrogens is 658 g/mol. The van der Waals surface area contributed by atoms with Gasteiger partial charge < -0.3 is 40.9 Å². The Kier molecular flexibility index (Phi) is 14.6. The van der Waals surface area contributed by atoms with Gasteiger partial charge in [0.05, 0.1) is 13.0 Å². The summed E-state index contributed by atoms with van der Waals surface area (Å²) in [5, 5.41) is 29.1. The summed E-state index contributed by atoms with van der Waals surface area (Å²) in [6.07, 6.45) is 0.136. The molecule has 7 N–H and O–H groups in total. The van der Waals surface area contributed by atoms with Crippen molar-refractivity contribution in [3.05, 3.63) is 48.0 Å². The number of fused-ring (bicyclic) bond motifs is 1. The lowest BCUT2D eigenvalue weighted by molar-refractivity contribution is -0.142. The minimum absolute atomic E-state index is 0.00564. The lowest BCUT2D eigenvalue weighted by Crippen LogP contribution is -2.58. The highest BCUT2D eigenvalue weighted by Crippen LogP contribution is 2.22. The van der Waals surface area contributed by atoms with Gasteiger partial charge in [-0.2, -0.15) is 0 Å². The normalized spacial score (nSPS) is 17.4. The number of rotatable bonds is 17. The monoisotopic (exact) mass is 703 g/mol. The van der Waals surface area contributed by atoms with Crippen LogP contribution < -0.4 is 21.3 Å². The Morgan fingerprint density at radius 2 is 1.57 bits per heavy atom. The summed E-state index contributed by atoms with van der Waals surface area (Å²) >= 11 is -2.37. The van der Waals surface area contributed by atoms with E-state index in [4.69, 9.17) is 5.11 Å². The topological polar surface area (TPSA) is 232 Å². The van der Waals surface area contributed by atoms with Gasteiger partial charge in [0.15, 0.2) is 11.1 Å². The number of aliphatic hydroxyl groups is 1. The standard InChI is InChI=1S/C33H45N5O10S/c1-19(2)16-28(49(47)48)37-30(43)24(17-22-10-6-9-21-8-4-5-11-23(21)22)36-32(45)26-12-7-15-38(26)33(46)20(3)34-31(44)25(18-39)35-27(40)13-14-29(41)42/h4-6,8-11,19-20,24-26,28,39H,7,12-18H2,1-3H3,(H,34,44)(H,35,40)(H,36,45)(H,37,43)(H,41,42)(H,47,48)/t20-,24+,25+,26+,28-/m1/s1. The molecule has 0 bridgehead atoms. The smallest absolute Gasteiger partial charge is 0.303 e. The van der Waals surface area contributed by atoms with Crippen molar-refractivity contribution in [2.75, 3.05) is 13.2 Å². The maximum absolute atomic E-state index is 13.8. The van der Waals surface area contributed by atoms with Crippen LogP contribution in [-0.2, 0) is 46.3 Å². The van der Waals surface area contributed by atoms with Gasteiger partial charge in [0.2, 0.25) is 29.5 Å². The number of hydrogen-bond acceptors (Lipinski definition) is 8. The SMILES string of the molecule is CC(C)C[C@H](NC(=O)[C@H](Cc1cccc2ccccc12)NC(=O)[C@@H]1CCCN1C(=O)[C@@H](C)NC(=O)[C@H](CO)NC(=O)CCC(=O)O)S(=O)O. The van der Waals surface area contributed by atoms with Crippen molar-refractivity contribution >= 4 is 57.4 Å². The van der Waals surface area contributed by atoms with E-state index in [1.165, 1.54) is 11.8 Å². The highest BCUT2D eigenvalue weighted by atomic mass is 32.2. The fourth-order valence-corrected chi connectivity index (χ4v) is 6.42. The number of aliphatic carboxylic acids is 1. The van der Waals surface area contributed by atoms with Gasteiger partial charge in [0, 0.05) is 19.4 Å². The van der Waals surface area contributed by atoms with E-state index in [0.717, 1.165) is 16.3 Å². The number of amides is 5. The zero-order valence-corrected chi connectivity index (χ0v) is 28.5. The second-order valence-corrected chi connectivity index (χ2v) is 13.5. The molecule has 0 aromatic heterocycles. The summed E-state index contributed by atoms with van der Waals surface area (Å²) in [4.78, 5) is 77.6. The number of carbonyl (C=O) groups excluding carboxylic acids is 5. The van der Waals surface area contributed by atoms with E-state index in [0.29, 0.717) is 6.42 Å². The third kappa shape index (κ3) is 11.3. The van der Waals surface area contributed by atoms with Crippen LogP contribution in [0.1, 0.15) is 58.4 Å². The molecule has 49 heavy (non-hydrogen) atoms. The molecule has 5 amide bonds. The molecule has 2 aromatic rings. The Balaban J connectivity index is 1.76. The van der Waals surface area contributed by atoms with Crippen LogP contribution in [0.4, 0.5) is 0 Å². The molecule has 3 rings (SSSR count). The van der Waals surface area contributed by atoms with Gasteiger partial charge >= 0.3 is 5.97 Å². The molecular formula is C33H45N5O10S. The van der Waals surface area contributed by atoms with Gasteiger partial charge in [0.1, 0.15) is 29.5 Å². The van der Waals surface area contributed by atoms with Gasteiger partial charge in [-0.1, -0.05) is 56.3 Å². The fourth-order valence-electron chi connectivity index (χ4n) is 5.66. The third-order valence-electron chi connectivity index (χ3n) is 8.14. The van der Waals surface area contributed by atoms with Gasteiger partial charge in [-0.05, 0) is 48.4 Å². The molecule has 0 radical (unpaired) electrons. The first-order valence-corrected chi connectivity index (χ1v) is 17.3. The van der Waals surface area contributed by atoms with E-state index in [9.17, 15) is 42.6 Å². The second-order valence-electron chi connectivity index (χ2n) is 12.4. The number of carboxylic acids is 1. The largest absolute Gasteiger partial charge is 0.481 e. The van der Waals surface area contributed by atoms with Crippen LogP contribution in [0.2, 0.25) is 0 Å². The van der Waals surface area contributed by atoms with E-state index in [1.54, 1.807) is 0 Å². The number of carbonyl (C=O) groups is 6. The lowest BCUT2D eigenvalue weighted by atomic mass is 9.98. The van der Waals surface area contributed by atoms with E-state index in [-0.39, 0.29) is 31.7 Å². The molecule has 1 fully saturated rings. The number of likely N-dealkylation sites (tertiary alicyclic amines) is 1. The number of aliphatic hydroxyl groups excluding tert-OH is 1. The summed E-state index contributed by atoms with van der Waals surface area (Å²) in [5.74, 6) is -4.75. The van der Waals surface area contributed by atoms with Gasteiger partial charge in [-0.15, -0.1) is 0 Å². The zero-order valence-electron chi connectivity index (χ0n) is 27.7. The van der Waals surface area contributed by atoms with Crippen LogP contribution in [0.15, 0.2) is 42.5 Å². The number of nitrogens with one attached hydrogen (secondary N) is 4. The number of hydrogen-bond donors (Lipinski definition) is 7. The second kappa shape index (κ2) is 18.4. The molecule has 0 aliphatic carbocycles. The van der Waals surface area contributed by atoms with Crippen molar-refractivity contribution in [1.29, 1.82) is 0 Å². The van der Waals surface area contributed by atoms with Crippen LogP contribution in [0.5, 0.6) is 0 Å². The molecule has 15 nitrogen and oxygen atoms in total. The van der Waals surface area contributed by atoms with Crippen LogP contribution >= 0.6 is 0 Å². The van der Waals surface area contributed by atoms with E-state index in [2.05, 4.69) is 21.3 Å². The highest BCUT2D eigenvalue weighted by molar-refractivity contribution is 7.79. The molecule has 0 saturated carbocycles. The highest BCUT2D eigenvalue weighted by Gasteiger charge is 2.38. The average molecular weight is 704 g/mol. The quantitative estimate of drug-likeness (QED) is 0.112. The van der Waals surface area contributed by atoms with E-state index < -0.39 is 95.6 Å². The maximum atomic E-state index is 13.8. The molecule has 1 aliphatic heterocycles. The number of nitrogens with zero attached hydrogens (tertiary/aromatic N) is 1. The Hall–Kier alpha value is -4.41. The fraction of sp³-hybridized carbons (Fsp3) is 0.515. The van der Waals surface area contributed by atoms with Crippen LogP contribution in [0.3, 0.4) is 0 Å². The Morgan fingerprint density at radius 1 is 0.898 bits per heavy atom. The number of carboxylic acid groups (broad SMARTS) is 1. The molecule has 1 aliphatic rings. The molecule has 268 valence electrons. The first-order valence-electron chi connectivity index (χ1n) is 16.1. The van der Waals surface area contributed by atoms with Crippen molar-refractivity contribution < 1.29 is 47.7 Å². The maximum Gasteiger partial charge on any atom is 0.303 e. The Morgan fingerprint density at radius 3 is 2.22 bits per heavy atom. The summed E-state index contributed by atoms with van der Waals surface area (Å²) in [7, 11) is 0. The summed E-state index contributed by atoms with van der Waals surface area (Å²) in [6.45, 7) is 4.46. The first-order chi connectivity index (χ1) is 23.2. The van der Waals surface area contributed by atoms with Crippen molar-refractivity contribution in [3.63, 3.8) is 0 Å². The average Bonchev–Trinajstić information content (AvgIpc) is 3.55. The summed E-state index contributed by atoms with van der Waals surface area (Å²) < 4.78 is 21.9. The lowest BCUT2D eigenvalue weighted by Gasteiger charge is -2.29. The van der Waals surface area contributed by atoms with Gasteiger partial charge in [-0.3, -0.25) is 28.8 Å². The predicted molar refractivity (Wildman–Crippen MR) is 180 cm³/mol. The molecule has 1 saturated heterocycles. The Bertz CT molecular complexity index is 1550. The zero-order chi connectivity index (χ0) is 36.2. The minimum Gasteiger partial charge on any atom is -0.481 e. The molecule has 2 aromatic carbocycles. The molecule has 6 atom stereocenters. The molecule has 0 spiro atoms. The minimum atomic E-state index is -2.37. The molecule has 1 heterocycles. The van der Waals surface area contributed by atoms with Crippen molar-refractivity contribution in [1.82, 2.24) is 26.2 Å². The predicted octanol–water partition coefficient (Wildman–Crippen LogP) is 0.415. The number of benzene rings is 2. The Labute approximate surface area is 286 Å². The van der Waals surface area contributed by atoms with E-state index >= 15 is 0 Å². The van der Waals surface area contributed by atoms with Crippen molar-refractivity contribution in [2.24, 2.45) is 5.92 Å². The van der Waals surface area contributed by atoms with Gasteiger partial charge in [0.25, 0.3) is 0 Å². The molecule has 16 heteroatoms. The van der Waals surface area contributed by atoms with Crippen LogP contribution in [0.25, 0.3) is 10.8 Å². The first kappa shape index (κ1) is 39.0. The van der Waals surface area contributed by atoms with Crippen LogP contribution in [0, 0.1) is 5.92 Å². The summed E-state index contributed by atoms with van der Waals surface area (Å²) in [6, 6.07) is 8.35. The van der Waals surface area contributed by atoms with Crippen LogP contribution in [-0.4, -0.2) is 102 Å². The third-order valence-corrected chi connectivity index (χ3v) is 8.93. The van der Waals surface area contributed by atoms with Crippen molar-refractivity contribution in [3.8, 4) is 0 Å². The molecule has 1 unspecified atom stereocenters. The van der Waals surface area contributed by atoms with Crippen molar-refractivity contribution in [2.45, 2.75) is 88.8 Å². The van der Waals surface area contributed by atoms with Gasteiger partial charge in [-0.25, -0.2) is 4.21 Å². The van der Waals surface area contributed by atoms with E-state index in [1.807, 2.05) is 56.3 Å². The summed E-state index contributed by atoms with van der Waals surface area (Å²) in [5.41, 5.74) is 0.758.